The highest BCUT2D eigenvalue weighted by molar-refractivity contribution is 8.25. The van der Waals surface area contributed by atoms with Gasteiger partial charge in [-0.1, -0.05) is 6.07 Å². The normalized spacial score (nSPS) is 20.4. The molecule has 0 radical (unpaired) electrons. The molecule has 0 bridgehead atoms. The van der Waals surface area contributed by atoms with E-state index in [-0.39, 0.29) is 29.1 Å². The maximum absolute atomic E-state index is 13.0. The molecule has 2 saturated heterocycles. The lowest BCUT2D eigenvalue weighted by Crippen LogP contribution is -2.61. The van der Waals surface area contributed by atoms with Crippen molar-refractivity contribution < 1.29 is 32.2 Å². The fourth-order valence-electron chi connectivity index (χ4n) is 4.79. The van der Waals surface area contributed by atoms with Crippen LogP contribution in [0.4, 0.5) is 8.78 Å². The lowest BCUT2D eigenvalue weighted by atomic mass is 9.94. The van der Waals surface area contributed by atoms with Crippen molar-refractivity contribution in [3.63, 3.8) is 0 Å². The zero-order valence-electron chi connectivity index (χ0n) is 19.0. The summed E-state index contributed by atoms with van der Waals surface area (Å²) in [5, 5.41) is 8.35. The first-order valence-corrected chi connectivity index (χ1v) is 13.1. The number of pyridine rings is 1. The van der Waals surface area contributed by atoms with Gasteiger partial charge < -0.3 is 14.8 Å². The van der Waals surface area contributed by atoms with Gasteiger partial charge in [0.15, 0.2) is 5.65 Å². The minimum absolute atomic E-state index is 0.00415. The van der Waals surface area contributed by atoms with E-state index in [1.165, 1.54) is 18.3 Å². The van der Waals surface area contributed by atoms with E-state index in [0.29, 0.717) is 35.5 Å². The lowest BCUT2D eigenvalue weighted by molar-refractivity contribution is -0.0498. The molecule has 0 spiro atoms. The van der Waals surface area contributed by atoms with Crippen LogP contribution in [0.5, 0.6) is 5.75 Å². The van der Waals surface area contributed by atoms with Gasteiger partial charge >= 0.3 is 6.61 Å². The number of rotatable bonds is 6. The van der Waals surface area contributed by atoms with Crippen LogP contribution in [0.1, 0.15) is 41.7 Å². The molecule has 9 nitrogen and oxygen atoms in total. The van der Waals surface area contributed by atoms with Crippen molar-refractivity contribution in [2.75, 3.05) is 24.7 Å². The monoisotopic (exact) mass is 508 g/mol. The summed E-state index contributed by atoms with van der Waals surface area (Å²) < 4.78 is 56.5. The molecule has 0 saturated carbocycles. The summed E-state index contributed by atoms with van der Waals surface area (Å²) >= 11 is 0. The molecule has 0 unspecified atom stereocenters. The Hall–Kier alpha value is -2.80. The van der Waals surface area contributed by atoms with Gasteiger partial charge in [-0.3, -0.25) is 13.9 Å². The first-order chi connectivity index (χ1) is 16.6. The summed E-state index contributed by atoms with van der Waals surface area (Å²) in [6.07, 6.45) is 2.95. The van der Waals surface area contributed by atoms with E-state index < -0.39 is 22.7 Å². The Kier molecular flexibility index (Phi) is 6.16. The number of ether oxygens (including phenoxy) is 2. The predicted octanol–water partition coefficient (Wildman–Crippen LogP) is 4.17. The molecule has 0 aliphatic carbocycles. The van der Waals surface area contributed by atoms with Crippen LogP contribution in [0.3, 0.4) is 0 Å². The highest BCUT2D eigenvalue weighted by Crippen LogP contribution is 2.53. The number of aromatic nitrogens is 3. The average Bonchev–Trinajstić information content (AvgIpc) is 3.17. The van der Waals surface area contributed by atoms with Crippen LogP contribution >= 0.6 is 10.6 Å². The molecule has 1 amide bonds. The Balaban J connectivity index is 1.53. The zero-order valence-corrected chi connectivity index (χ0v) is 19.8. The minimum atomic E-state index is -2.95. The number of carbonyl (C=O) groups is 1. The second kappa shape index (κ2) is 9.01. The summed E-state index contributed by atoms with van der Waals surface area (Å²) in [4.78, 5) is 17.5. The van der Waals surface area contributed by atoms with Crippen LogP contribution in [0.25, 0.3) is 16.7 Å². The van der Waals surface area contributed by atoms with Crippen LogP contribution in [0.15, 0.2) is 36.5 Å². The minimum Gasteiger partial charge on any atom is -0.435 e. The Morgan fingerprint density at radius 2 is 2.03 bits per heavy atom. The number of nitrogens with zero attached hydrogens (tertiary/aromatic N) is 3. The van der Waals surface area contributed by atoms with Crippen molar-refractivity contribution >= 4 is 27.5 Å². The molecule has 35 heavy (non-hydrogen) atoms. The number of hydrogen-bond donors (Lipinski definition) is 3. The topological polar surface area (TPSA) is 119 Å². The second-order valence-electron chi connectivity index (χ2n) is 9.26. The van der Waals surface area contributed by atoms with E-state index in [1.807, 2.05) is 0 Å². The van der Waals surface area contributed by atoms with Gasteiger partial charge in [0.05, 0.1) is 34.0 Å². The number of alkyl halides is 2. The molecule has 2 aromatic heterocycles. The van der Waals surface area contributed by atoms with E-state index in [9.17, 15) is 22.7 Å². The molecule has 12 heteroatoms. The number of fused-ring (bicyclic) bond motifs is 1. The summed E-state index contributed by atoms with van der Waals surface area (Å²) in [6, 6.07) is 7.94. The van der Waals surface area contributed by atoms with Gasteiger partial charge in [-0.2, -0.15) is 24.5 Å². The van der Waals surface area contributed by atoms with Crippen LogP contribution in [-0.4, -0.2) is 66.6 Å². The van der Waals surface area contributed by atoms with Crippen molar-refractivity contribution in [2.45, 2.75) is 37.8 Å². The molecule has 1 aromatic carbocycles. The maximum Gasteiger partial charge on any atom is 0.387 e. The third-order valence-corrected chi connectivity index (χ3v) is 8.42. The van der Waals surface area contributed by atoms with Gasteiger partial charge in [0.1, 0.15) is 5.75 Å². The highest BCUT2D eigenvalue weighted by atomic mass is 32.3. The zero-order chi connectivity index (χ0) is 24.8. The third kappa shape index (κ3) is 4.96. The van der Waals surface area contributed by atoms with E-state index in [1.54, 1.807) is 29.8 Å². The largest absolute Gasteiger partial charge is 0.435 e. The van der Waals surface area contributed by atoms with Gasteiger partial charge in [0.2, 0.25) is 0 Å². The fraction of sp³-hybridized carbons (Fsp3) is 0.435. The van der Waals surface area contributed by atoms with E-state index in [4.69, 9.17) is 9.84 Å². The summed E-state index contributed by atoms with van der Waals surface area (Å²) in [5.41, 5.74) is 1.38. The number of nitrogens with one attached hydrogen (secondary N) is 1. The smallest absolute Gasteiger partial charge is 0.387 e. The molecule has 3 N–H and O–H groups in total. The molecule has 2 aliphatic rings. The molecule has 188 valence electrons. The first kappa shape index (κ1) is 23.9. The fourth-order valence-corrected chi connectivity index (χ4v) is 6.89. The SMILES string of the molecule is CC1(NC(=O)c2cnc3c(c2)c(C2CCOCC2)nn3-c2cccc(OC(F)F)c2)CS(O)(O)C1. The van der Waals surface area contributed by atoms with E-state index in [2.05, 4.69) is 15.0 Å². The van der Waals surface area contributed by atoms with Crippen molar-refractivity contribution in [2.24, 2.45) is 0 Å². The number of carbonyl (C=O) groups excluding carboxylic acids is 1. The van der Waals surface area contributed by atoms with E-state index in [0.717, 1.165) is 18.5 Å². The number of hydrogen-bond acceptors (Lipinski definition) is 7. The molecule has 4 heterocycles. The van der Waals surface area contributed by atoms with Gasteiger partial charge in [-0.15, -0.1) is 0 Å². The maximum atomic E-state index is 13.0. The van der Waals surface area contributed by atoms with Crippen LogP contribution in [0.2, 0.25) is 0 Å². The van der Waals surface area contributed by atoms with Gasteiger partial charge in [-0.05, 0) is 38.0 Å². The molecule has 3 aromatic rings. The number of benzene rings is 1. The molecule has 0 atom stereocenters. The quantitative estimate of drug-likeness (QED) is 0.457. The van der Waals surface area contributed by atoms with Gasteiger partial charge in [0, 0.05) is 36.8 Å². The van der Waals surface area contributed by atoms with Crippen LogP contribution < -0.4 is 10.1 Å². The van der Waals surface area contributed by atoms with Crippen molar-refractivity contribution in [3.05, 3.63) is 47.8 Å². The Morgan fingerprint density at radius 1 is 1.29 bits per heavy atom. The van der Waals surface area contributed by atoms with E-state index >= 15 is 0 Å². The number of halogens is 2. The summed E-state index contributed by atoms with van der Waals surface area (Å²) in [6.45, 7) is 0.0103. The van der Waals surface area contributed by atoms with Crippen molar-refractivity contribution in [3.8, 4) is 11.4 Å². The molecular weight excluding hydrogens is 482 g/mol. The average molecular weight is 509 g/mol. The highest BCUT2D eigenvalue weighted by Gasteiger charge is 2.45. The van der Waals surface area contributed by atoms with Crippen molar-refractivity contribution in [1.82, 2.24) is 20.1 Å². The third-order valence-electron chi connectivity index (χ3n) is 6.22. The summed E-state index contributed by atoms with van der Waals surface area (Å²) in [5.74, 6) is -0.0440. The van der Waals surface area contributed by atoms with Gasteiger partial charge in [0.25, 0.3) is 5.91 Å². The Labute approximate surface area is 201 Å². The van der Waals surface area contributed by atoms with Crippen LogP contribution in [-0.2, 0) is 4.74 Å². The summed E-state index contributed by atoms with van der Waals surface area (Å²) in [7, 11) is -2.62. The molecular formula is C23H26F2N4O5S. The first-order valence-electron chi connectivity index (χ1n) is 11.2. The molecule has 2 aliphatic heterocycles. The Bertz CT molecular complexity index is 1250. The number of amides is 1. The van der Waals surface area contributed by atoms with Crippen molar-refractivity contribution in [1.29, 1.82) is 0 Å². The molecule has 5 rings (SSSR count). The predicted molar refractivity (Wildman–Crippen MR) is 127 cm³/mol. The standard InChI is InChI=1S/C23H26F2N4O5S/c1-23(12-35(31,32)13-23)27-21(30)15-9-18-19(14-5-7-33-8-6-14)28-29(20(18)26-11-15)16-3-2-4-17(10-16)34-22(24)25/h2-4,9-11,14,22,31-32H,5-8,12-13H2,1H3,(H,27,30). The van der Waals surface area contributed by atoms with Crippen LogP contribution in [0, 0.1) is 0 Å². The molecule has 2 fully saturated rings. The second-order valence-corrected chi connectivity index (χ2v) is 11.4. The lowest BCUT2D eigenvalue weighted by Gasteiger charge is -2.54. The van der Waals surface area contributed by atoms with Gasteiger partial charge in [-0.25, -0.2) is 9.67 Å². The Morgan fingerprint density at radius 3 is 2.71 bits per heavy atom.